The van der Waals surface area contributed by atoms with E-state index in [9.17, 15) is 43.2 Å². The Morgan fingerprint density at radius 2 is 0.517 bits per heavy atom. The molecule has 0 bridgehead atoms. The number of ether oxygens (including phenoxy) is 4. The van der Waals surface area contributed by atoms with Crippen molar-refractivity contribution >= 4 is 39.5 Å². The summed E-state index contributed by atoms with van der Waals surface area (Å²) >= 11 is 0. The van der Waals surface area contributed by atoms with Crippen LogP contribution in [0.4, 0.5) is 0 Å². The molecule has 17 nitrogen and oxygen atoms in total. The number of aliphatic hydroxyl groups excluding tert-OH is 1. The Bertz CT molecular complexity index is 1750. The number of carbonyl (C=O) groups excluding carboxylic acids is 4. The van der Waals surface area contributed by atoms with E-state index in [1.165, 1.54) is 154 Å². The number of carbonyl (C=O) groups is 4. The van der Waals surface area contributed by atoms with Crippen LogP contribution in [0.1, 0.15) is 350 Å². The van der Waals surface area contributed by atoms with Gasteiger partial charge in [0.15, 0.2) is 12.2 Å². The smallest absolute Gasteiger partial charge is 0.462 e. The molecule has 0 aliphatic heterocycles. The van der Waals surface area contributed by atoms with Crippen LogP contribution in [0.15, 0.2) is 0 Å². The molecular weight excluding hydrogens is 1170 g/mol. The quantitative estimate of drug-likeness (QED) is 0.0222. The van der Waals surface area contributed by atoms with Crippen LogP contribution in [0.5, 0.6) is 0 Å². The highest BCUT2D eigenvalue weighted by atomic mass is 31.2. The van der Waals surface area contributed by atoms with Gasteiger partial charge in [-0.05, 0) is 43.4 Å². The number of unbranched alkanes of at least 4 members (excludes halogenated alkanes) is 36. The number of hydrogen-bond acceptors (Lipinski definition) is 15. The molecule has 19 heteroatoms. The van der Waals surface area contributed by atoms with Crippen molar-refractivity contribution in [3.8, 4) is 0 Å². The fourth-order valence-electron chi connectivity index (χ4n) is 10.5. The maximum atomic E-state index is 13.0. The SMILES string of the molecule is CCCCCCCC(=O)OC[C@H](COP(=O)(O)OC[C@H](O)COP(=O)(O)OC[C@@H](COC(=O)CCCCCCCCCCCC(C)C)OC(=O)CCCCCCCCCCCCCCCCCCCCC(C)C)OC(=O)CCCCCCCCCCC(C)C. The van der Waals surface area contributed by atoms with Crippen molar-refractivity contribution in [1.29, 1.82) is 0 Å². The lowest BCUT2D eigenvalue weighted by molar-refractivity contribution is -0.161. The van der Waals surface area contributed by atoms with E-state index in [-0.39, 0.29) is 25.7 Å². The molecule has 0 aromatic rings. The number of hydrogen-bond donors (Lipinski definition) is 3. The lowest BCUT2D eigenvalue weighted by Gasteiger charge is -2.21. The summed E-state index contributed by atoms with van der Waals surface area (Å²) in [5.74, 6) is 0.143. The van der Waals surface area contributed by atoms with Crippen LogP contribution in [0.3, 0.4) is 0 Å². The minimum absolute atomic E-state index is 0.103. The van der Waals surface area contributed by atoms with Crippen molar-refractivity contribution in [2.24, 2.45) is 17.8 Å². The minimum atomic E-state index is -4.95. The van der Waals surface area contributed by atoms with E-state index in [1.807, 2.05) is 0 Å². The second-order valence-corrected chi connectivity index (χ2v) is 29.6. The Kier molecular flexibility index (Phi) is 59.6. The Labute approximate surface area is 543 Å². The van der Waals surface area contributed by atoms with Gasteiger partial charge >= 0.3 is 39.5 Å². The zero-order chi connectivity index (χ0) is 65.9. The molecule has 0 amide bonds. The van der Waals surface area contributed by atoms with Crippen molar-refractivity contribution in [1.82, 2.24) is 0 Å². The summed E-state index contributed by atoms with van der Waals surface area (Å²) in [6.07, 6.45) is 45.0. The fraction of sp³-hybridized carbons (Fsp3) is 0.943. The Hall–Kier alpha value is -1.94. The van der Waals surface area contributed by atoms with E-state index >= 15 is 0 Å². The molecule has 3 N–H and O–H groups in total. The molecule has 5 atom stereocenters. The molecule has 0 heterocycles. The summed E-state index contributed by atoms with van der Waals surface area (Å²) in [5.41, 5.74) is 0. The Morgan fingerprint density at radius 1 is 0.303 bits per heavy atom. The predicted molar refractivity (Wildman–Crippen MR) is 358 cm³/mol. The second kappa shape index (κ2) is 61.0. The van der Waals surface area contributed by atoms with Crippen LogP contribution in [0.25, 0.3) is 0 Å². The van der Waals surface area contributed by atoms with Crippen LogP contribution in [-0.4, -0.2) is 96.7 Å². The highest BCUT2D eigenvalue weighted by Crippen LogP contribution is 2.45. The third-order valence-corrected chi connectivity index (χ3v) is 18.0. The highest BCUT2D eigenvalue weighted by molar-refractivity contribution is 7.47. The minimum Gasteiger partial charge on any atom is -0.462 e. The maximum Gasteiger partial charge on any atom is 0.472 e. The van der Waals surface area contributed by atoms with E-state index in [1.54, 1.807) is 0 Å². The molecular formula is C70H136O17P2. The lowest BCUT2D eigenvalue weighted by atomic mass is 10.0. The lowest BCUT2D eigenvalue weighted by Crippen LogP contribution is -2.30. The summed E-state index contributed by atoms with van der Waals surface area (Å²) in [5, 5.41) is 10.5. The maximum absolute atomic E-state index is 13.0. The zero-order valence-corrected chi connectivity index (χ0v) is 59.7. The third kappa shape index (κ3) is 64.6. The molecule has 0 rings (SSSR count). The Morgan fingerprint density at radius 3 is 0.764 bits per heavy atom. The molecule has 0 saturated heterocycles. The number of phosphoric acid groups is 2. The van der Waals surface area contributed by atoms with E-state index in [4.69, 9.17) is 37.0 Å². The van der Waals surface area contributed by atoms with Crippen LogP contribution in [-0.2, 0) is 65.4 Å². The molecule has 0 saturated carbocycles. The van der Waals surface area contributed by atoms with Crippen LogP contribution in [0, 0.1) is 17.8 Å². The van der Waals surface area contributed by atoms with E-state index < -0.39 is 97.5 Å². The van der Waals surface area contributed by atoms with Crippen molar-refractivity contribution in [2.75, 3.05) is 39.6 Å². The average molecular weight is 1310 g/mol. The van der Waals surface area contributed by atoms with Crippen LogP contribution < -0.4 is 0 Å². The molecule has 0 aromatic heterocycles. The van der Waals surface area contributed by atoms with Crippen molar-refractivity contribution in [3.63, 3.8) is 0 Å². The molecule has 0 aliphatic rings. The van der Waals surface area contributed by atoms with Crippen LogP contribution >= 0.6 is 15.6 Å². The van der Waals surface area contributed by atoms with Gasteiger partial charge in [-0.2, -0.15) is 0 Å². The van der Waals surface area contributed by atoms with E-state index in [0.29, 0.717) is 25.7 Å². The van der Waals surface area contributed by atoms with Gasteiger partial charge in [0.05, 0.1) is 26.4 Å². The summed E-state index contributed by atoms with van der Waals surface area (Å²) in [7, 11) is -9.89. The first-order chi connectivity index (χ1) is 42.7. The summed E-state index contributed by atoms with van der Waals surface area (Å²) in [6.45, 7) is 11.7. The number of esters is 4. The first-order valence-corrected chi connectivity index (χ1v) is 39.3. The van der Waals surface area contributed by atoms with E-state index in [0.717, 1.165) is 114 Å². The van der Waals surface area contributed by atoms with Crippen molar-refractivity contribution in [2.45, 2.75) is 369 Å². The third-order valence-electron chi connectivity index (χ3n) is 16.1. The largest absolute Gasteiger partial charge is 0.472 e. The van der Waals surface area contributed by atoms with Gasteiger partial charge in [-0.15, -0.1) is 0 Å². The monoisotopic (exact) mass is 1310 g/mol. The molecule has 528 valence electrons. The van der Waals surface area contributed by atoms with Gasteiger partial charge < -0.3 is 33.8 Å². The molecule has 2 unspecified atom stereocenters. The first kappa shape index (κ1) is 87.1. The summed E-state index contributed by atoms with van der Waals surface area (Å²) < 4.78 is 68.0. The van der Waals surface area contributed by atoms with Gasteiger partial charge in [0.25, 0.3) is 0 Å². The molecule has 89 heavy (non-hydrogen) atoms. The normalized spacial score (nSPS) is 14.2. The zero-order valence-electron chi connectivity index (χ0n) is 57.9. The Balaban J connectivity index is 5.11. The van der Waals surface area contributed by atoms with Gasteiger partial charge in [0.1, 0.15) is 19.3 Å². The van der Waals surface area contributed by atoms with Gasteiger partial charge in [-0.1, -0.05) is 299 Å². The highest BCUT2D eigenvalue weighted by Gasteiger charge is 2.30. The van der Waals surface area contributed by atoms with Gasteiger partial charge in [-0.25, -0.2) is 9.13 Å². The van der Waals surface area contributed by atoms with Crippen LogP contribution in [0.2, 0.25) is 0 Å². The van der Waals surface area contributed by atoms with Gasteiger partial charge in [0, 0.05) is 25.7 Å². The summed E-state index contributed by atoms with van der Waals surface area (Å²) in [6, 6.07) is 0. The first-order valence-electron chi connectivity index (χ1n) is 36.3. The van der Waals surface area contributed by atoms with E-state index in [2.05, 4.69) is 48.5 Å². The molecule has 0 spiro atoms. The number of phosphoric ester groups is 2. The van der Waals surface area contributed by atoms with Gasteiger partial charge in [-0.3, -0.25) is 37.3 Å². The summed E-state index contributed by atoms with van der Waals surface area (Å²) in [4.78, 5) is 72.2. The fourth-order valence-corrected chi connectivity index (χ4v) is 12.1. The predicted octanol–water partition coefficient (Wildman–Crippen LogP) is 19.8. The number of aliphatic hydroxyl groups is 1. The van der Waals surface area contributed by atoms with Crippen molar-refractivity contribution in [3.05, 3.63) is 0 Å². The average Bonchev–Trinajstić information content (AvgIpc) is 3.70. The molecule has 0 radical (unpaired) electrons. The topological polar surface area (TPSA) is 237 Å². The number of rotatable bonds is 68. The standard InChI is InChI=1S/C70H136O17P2/c1-8-9-10-34-44-51-67(72)80-57-65(86-70(75)54-47-40-33-27-26-30-37-43-50-63(6)7)59-84-88(76,77)82-55-64(71)56-83-89(78,79)85-60-66(58-81-68(73)52-45-38-31-25-21-23-29-36-42-49-62(4)5)87-69(74)53-46-39-32-24-20-18-16-14-12-11-13-15-17-19-22-28-35-41-48-61(2)3/h61-66,71H,8-60H2,1-7H3,(H,76,77)(H,78,79)/t64-,65+,66+/m0/s1. The molecule has 0 aromatic carbocycles. The molecule has 0 aliphatic carbocycles. The van der Waals surface area contributed by atoms with Crippen molar-refractivity contribution < 1.29 is 80.2 Å². The molecule has 0 fully saturated rings. The second-order valence-electron chi connectivity index (χ2n) is 26.7. The van der Waals surface area contributed by atoms with Gasteiger partial charge in [0.2, 0.25) is 0 Å².